The van der Waals surface area contributed by atoms with Gasteiger partial charge in [-0.1, -0.05) is 107 Å². The molecule has 378 valence electrons. The largest absolute Gasteiger partial charge is 0.104 e. The summed E-state index contributed by atoms with van der Waals surface area (Å²) < 4.78 is 0. The van der Waals surface area contributed by atoms with Gasteiger partial charge in [0.25, 0.3) is 0 Å². The fourth-order valence-corrected chi connectivity index (χ4v) is 37.3. The summed E-state index contributed by atoms with van der Waals surface area (Å²) in [5.74, 6) is 7.99. The Hall–Kier alpha value is 0.940. The average Bonchev–Trinajstić information content (AvgIpc) is 3.16. The molecule has 4 heteroatoms. The molecule has 16 aliphatic carbocycles. The Labute approximate surface area is 426 Å². The molecule has 12 unspecified atom stereocenters. The summed E-state index contributed by atoms with van der Waals surface area (Å²) in [5, 5.41) is 3.93. The summed E-state index contributed by atoms with van der Waals surface area (Å²) in [5.41, 5.74) is 7.93. The van der Waals surface area contributed by atoms with Crippen LogP contribution in [0, 0.1) is 90.7 Å². The molecule has 0 heterocycles. The lowest BCUT2D eigenvalue weighted by molar-refractivity contribution is -0.103. The minimum absolute atomic E-state index is 0.424. The van der Waals surface area contributed by atoms with Crippen LogP contribution in [-0.4, -0.2) is 20.6 Å². The molecule has 0 aromatic heterocycles. The van der Waals surface area contributed by atoms with E-state index in [0.717, 1.165) is 92.5 Å². The molecule has 12 atom stereocenters. The van der Waals surface area contributed by atoms with Crippen molar-refractivity contribution in [3.8, 4) is 0 Å². The molecule has 0 nitrogen and oxygen atoms in total. The van der Waals surface area contributed by atoms with E-state index in [1.54, 1.807) is 154 Å². The molecular formula is C64H102P4. The van der Waals surface area contributed by atoms with Crippen molar-refractivity contribution in [1.82, 2.24) is 0 Å². The molecule has 16 bridgehead atoms. The highest BCUT2D eigenvalue weighted by molar-refractivity contribution is 7.59. The van der Waals surface area contributed by atoms with Gasteiger partial charge in [-0.2, -0.15) is 0 Å². The normalized spacial score (nSPS) is 51.1. The van der Waals surface area contributed by atoms with Gasteiger partial charge in [0.15, 0.2) is 0 Å². The van der Waals surface area contributed by atoms with Crippen LogP contribution in [0.25, 0.3) is 0 Å². The Bertz CT molecular complexity index is 1820. The molecule has 0 saturated heterocycles. The molecule has 0 amide bonds. The zero-order chi connectivity index (χ0) is 47.6. The maximum atomic E-state index is 2.88. The van der Waals surface area contributed by atoms with Gasteiger partial charge in [0.1, 0.15) is 0 Å². The molecule has 16 fully saturated rings. The number of rotatable bonds is 10. The first kappa shape index (κ1) is 48.6. The van der Waals surface area contributed by atoms with E-state index in [9.17, 15) is 0 Å². The third-order valence-corrected chi connectivity index (χ3v) is 34.9. The van der Waals surface area contributed by atoms with Crippen molar-refractivity contribution in [2.45, 2.75) is 269 Å². The van der Waals surface area contributed by atoms with Crippen molar-refractivity contribution in [3.63, 3.8) is 0 Å². The standard InChI is InChI=1S/C64H102P4/c1-53(2,3)57-21-41-17-42(22-57)30-61(29-41,37-57)65-51(66-62-31-43-18-44(32-62)24-58(23-43,38-62)54(4,5)6)49-15-13-14-16-50(49)52(67-63-33-45-19-46(34-63)26-59(25-45,39-63)55(7,8)9)68-64-35-47-20-48(36-64)28-60(27-47,40-64)56(10,11)12/h13-16,41-48,51-52,65-68H,17-40H2,1-12H3. The van der Waals surface area contributed by atoms with Crippen LogP contribution in [-0.2, 0) is 0 Å². The molecule has 17 rings (SSSR count). The highest BCUT2D eigenvalue weighted by Crippen LogP contribution is 2.82. The molecule has 0 aliphatic heterocycles. The van der Waals surface area contributed by atoms with Crippen molar-refractivity contribution < 1.29 is 0 Å². The van der Waals surface area contributed by atoms with E-state index in [4.69, 9.17) is 0 Å². The summed E-state index contributed by atoms with van der Waals surface area (Å²) >= 11 is 0. The van der Waals surface area contributed by atoms with Crippen LogP contribution in [0.2, 0.25) is 0 Å². The van der Waals surface area contributed by atoms with E-state index >= 15 is 0 Å². The predicted molar refractivity (Wildman–Crippen MR) is 302 cm³/mol. The highest BCUT2D eigenvalue weighted by Gasteiger charge is 2.67. The van der Waals surface area contributed by atoms with Gasteiger partial charge < -0.3 is 0 Å². The van der Waals surface area contributed by atoms with Gasteiger partial charge in [-0.05, 0) is 277 Å². The third-order valence-electron chi connectivity index (χ3n) is 26.0. The van der Waals surface area contributed by atoms with Gasteiger partial charge in [0, 0.05) is 10.8 Å². The molecule has 0 N–H and O–H groups in total. The fourth-order valence-electron chi connectivity index (χ4n) is 23.9. The summed E-state index contributed by atoms with van der Waals surface area (Å²) in [6, 6.07) is 11.0. The van der Waals surface area contributed by atoms with Gasteiger partial charge in [-0.3, -0.25) is 0 Å². The van der Waals surface area contributed by atoms with Crippen LogP contribution in [0.1, 0.15) is 259 Å². The van der Waals surface area contributed by atoms with E-state index in [-0.39, 0.29) is 0 Å². The molecule has 1 aromatic rings. The Balaban J connectivity index is 0.936. The fraction of sp³-hybridized carbons (Fsp3) is 0.906. The Morgan fingerprint density at radius 3 is 0.691 bits per heavy atom. The van der Waals surface area contributed by atoms with Crippen LogP contribution in [0.5, 0.6) is 0 Å². The van der Waals surface area contributed by atoms with Crippen LogP contribution in [0.3, 0.4) is 0 Å². The quantitative estimate of drug-likeness (QED) is 0.205. The summed E-state index contributed by atoms with van der Waals surface area (Å²) in [4.78, 5) is 0. The zero-order valence-corrected chi connectivity index (χ0v) is 50.1. The minimum atomic E-state index is 0.424. The number of hydrogen-bond donors (Lipinski definition) is 0. The van der Waals surface area contributed by atoms with E-state index in [0.29, 0.717) is 63.9 Å². The second-order valence-electron chi connectivity index (χ2n) is 34.2. The van der Waals surface area contributed by atoms with Crippen molar-refractivity contribution >= 4 is 34.3 Å². The third kappa shape index (κ3) is 7.58. The molecule has 0 radical (unpaired) electrons. The van der Waals surface area contributed by atoms with E-state index in [1.807, 2.05) is 11.1 Å². The summed E-state index contributed by atoms with van der Waals surface area (Å²) in [6.07, 6.45) is 37.6. The van der Waals surface area contributed by atoms with Gasteiger partial charge in [-0.15, -0.1) is 34.3 Å². The van der Waals surface area contributed by atoms with E-state index < -0.39 is 0 Å². The first-order chi connectivity index (χ1) is 31.6. The molecule has 68 heavy (non-hydrogen) atoms. The average molecular weight is 995 g/mol. The first-order valence-electron chi connectivity index (χ1n) is 29.8. The van der Waals surface area contributed by atoms with Crippen LogP contribution in [0.4, 0.5) is 0 Å². The number of hydrogen-bond acceptors (Lipinski definition) is 0. The van der Waals surface area contributed by atoms with Crippen molar-refractivity contribution in [2.75, 3.05) is 0 Å². The number of benzene rings is 1. The van der Waals surface area contributed by atoms with Gasteiger partial charge in [-0.25, -0.2) is 0 Å². The second kappa shape index (κ2) is 15.3. The Morgan fingerprint density at radius 2 is 0.515 bits per heavy atom. The van der Waals surface area contributed by atoms with Crippen molar-refractivity contribution in [1.29, 1.82) is 0 Å². The zero-order valence-electron chi connectivity index (χ0n) is 46.1. The smallest absolute Gasteiger partial charge is 0.0199 e. The van der Waals surface area contributed by atoms with Gasteiger partial charge in [0.05, 0.1) is 0 Å². The topological polar surface area (TPSA) is 0 Å². The van der Waals surface area contributed by atoms with Crippen LogP contribution < -0.4 is 0 Å². The maximum absolute atomic E-state index is 2.88. The SMILES string of the molecule is CC(C)(C)C12CC3CC(CC(PC(PC45CC6CC(C4)CC(C(C)(C)C)(C6)C5)c4ccccc4C(PC45CC6CC(C4)CC(C(C)(C)C)(C6)C5)PC45CC6CC(C4)CC(C(C)(C)C)(C6)C5)(C3)C1)C2. The van der Waals surface area contributed by atoms with Crippen LogP contribution >= 0.6 is 34.3 Å². The maximum Gasteiger partial charge on any atom is 0.0199 e. The van der Waals surface area contributed by atoms with Gasteiger partial charge >= 0.3 is 0 Å². The molecule has 16 aliphatic rings. The van der Waals surface area contributed by atoms with Crippen molar-refractivity contribution in [3.05, 3.63) is 35.4 Å². The first-order valence-corrected chi connectivity index (χ1v) is 34.2. The Kier molecular flexibility index (Phi) is 10.9. The molecule has 1 aromatic carbocycles. The monoisotopic (exact) mass is 995 g/mol. The minimum Gasteiger partial charge on any atom is -0.104 e. The van der Waals surface area contributed by atoms with Crippen LogP contribution in [0.15, 0.2) is 24.3 Å². The van der Waals surface area contributed by atoms with Crippen molar-refractivity contribution in [2.24, 2.45) is 90.7 Å². The van der Waals surface area contributed by atoms with Gasteiger partial charge in [0.2, 0.25) is 0 Å². The molecule has 16 saturated carbocycles. The second-order valence-corrected chi connectivity index (χ2v) is 43.0. The molecular weight excluding hydrogens is 893 g/mol. The summed E-state index contributed by atoms with van der Waals surface area (Å²) in [6.45, 7) is 32.2. The van der Waals surface area contributed by atoms with E-state index in [2.05, 4.69) is 107 Å². The lowest BCUT2D eigenvalue weighted by atomic mass is 9.43. The predicted octanol–water partition coefficient (Wildman–Crippen LogP) is 19.9. The lowest BCUT2D eigenvalue weighted by Crippen LogP contribution is -2.58. The van der Waals surface area contributed by atoms with E-state index in [1.165, 1.54) is 0 Å². The molecule has 0 spiro atoms. The summed E-state index contributed by atoms with van der Waals surface area (Å²) in [7, 11) is 4.58. The Morgan fingerprint density at radius 1 is 0.324 bits per heavy atom. The lowest BCUT2D eigenvalue weighted by Gasteiger charge is -2.68. The highest BCUT2D eigenvalue weighted by atomic mass is 31.1.